The van der Waals surface area contributed by atoms with Gasteiger partial charge in [-0.1, -0.05) is 90.1 Å². The lowest BCUT2D eigenvalue weighted by Gasteiger charge is -2.10. The summed E-state index contributed by atoms with van der Waals surface area (Å²) >= 11 is 5.33. The van der Waals surface area contributed by atoms with E-state index in [2.05, 4.69) is 45.2 Å². The van der Waals surface area contributed by atoms with Crippen molar-refractivity contribution in [3.05, 3.63) is 0 Å². The van der Waals surface area contributed by atoms with Crippen molar-refractivity contribution in [3.8, 4) is 0 Å². The molecule has 0 aromatic heterocycles. The van der Waals surface area contributed by atoms with Crippen molar-refractivity contribution >= 4 is 45.2 Å². The average Bonchev–Trinajstić information content (AvgIpc) is 2.23. The number of rotatable bonds is 0. The molecule has 0 N–H and O–H groups in total. The van der Waals surface area contributed by atoms with Gasteiger partial charge in [0.25, 0.3) is 0 Å². The molecule has 1 fully saturated rings. The molecule has 1 aliphatic rings. The van der Waals surface area contributed by atoms with Crippen LogP contribution in [0.1, 0.15) is 70.6 Å². The summed E-state index contributed by atoms with van der Waals surface area (Å²) in [5.41, 5.74) is 0. The van der Waals surface area contributed by atoms with Crippen molar-refractivity contribution in [2.24, 2.45) is 0 Å². The zero-order valence-corrected chi connectivity index (χ0v) is 14.0. The highest BCUT2D eigenvalue weighted by molar-refractivity contribution is 14.1. The van der Waals surface area contributed by atoms with E-state index in [4.69, 9.17) is 0 Å². The summed E-state index contributed by atoms with van der Waals surface area (Å²) < 4.78 is 1.91. The fourth-order valence-corrected chi connectivity index (χ4v) is 4.04. The Balaban J connectivity index is 2.21. The molecule has 1 aliphatic carbocycles. The normalized spacial score (nSPS) is 32.4. The smallest absolute Gasteiger partial charge is 0.0110 e. The lowest BCUT2D eigenvalue weighted by Crippen LogP contribution is -1.99. The molecule has 0 saturated heterocycles. The Hall–Kier alpha value is 1.46. The zero-order valence-electron chi connectivity index (χ0n) is 9.69. The molecule has 0 aromatic carbocycles. The van der Waals surface area contributed by atoms with Crippen LogP contribution in [-0.2, 0) is 0 Å². The maximum absolute atomic E-state index is 2.66. The fourth-order valence-electron chi connectivity index (χ4n) is 2.28. The molecule has 2 heteroatoms. The Morgan fingerprint density at radius 1 is 0.467 bits per heavy atom. The highest BCUT2D eigenvalue weighted by Gasteiger charge is 2.08. The van der Waals surface area contributed by atoms with E-state index in [1.807, 2.05) is 0 Å². The van der Waals surface area contributed by atoms with Gasteiger partial charge in [0.05, 0.1) is 0 Å². The molecule has 2 unspecified atom stereocenters. The molecule has 90 valence electrons. The Bertz CT molecular complexity index is 131. The molecule has 0 bridgehead atoms. The van der Waals surface area contributed by atoms with E-state index in [1.54, 1.807) is 0 Å². The van der Waals surface area contributed by atoms with Gasteiger partial charge in [0, 0.05) is 7.85 Å². The van der Waals surface area contributed by atoms with Gasteiger partial charge < -0.3 is 0 Å². The summed E-state index contributed by atoms with van der Waals surface area (Å²) in [5, 5.41) is 0. The topological polar surface area (TPSA) is 0 Å². The number of hydrogen-bond acceptors (Lipinski definition) is 0. The van der Waals surface area contributed by atoms with Crippen LogP contribution in [0.25, 0.3) is 0 Å². The Labute approximate surface area is 123 Å². The fraction of sp³-hybridized carbons (Fsp3) is 1.00. The second-order valence-electron chi connectivity index (χ2n) is 4.82. The first-order chi connectivity index (χ1) is 7.29. The minimum Gasteiger partial charge on any atom is -0.0826 e. The van der Waals surface area contributed by atoms with Crippen molar-refractivity contribution in [1.29, 1.82) is 0 Å². The zero-order chi connectivity index (χ0) is 10.9. The van der Waals surface area contributed by atoms with Crippen LogP contribution in [0, 0.1) is 0 Å². The molecule has 0 heterocycles. The van der Waals surface area contributed by atoms with Crippen LogP contribution in [0.15, 0.2) is 0 Å². The lowest BCUT2D eigenvalue weighted by atomic mass is 10.1. The summed E-state index contributed by atoms with van der Waals surface area (Å²) in [5.74, 6) is 0. The predicted molar refractivity (Wildman–Crippen MR) is 86.4 cm³/mol. The molecule has 15 heavy (non-hydrogen) atoms. The Kier molecular flexibility index (Phi) is 9.18. The maximum atomic E-state index is 2.66. The Morgan fingerprint density at radius 2 is 0.733 bits per heavy atom. The van der Waals surface area contributed by atoms with E-state index in [0.29, 0.717) is 0 Å². The third-order valence-corrected chi connectivity index (χ3v) is 5.81. The first kappa shape index (κ1) is 14.5. The van der Waals surface area contributed by atoms with Gasteiger partial charge in [-0.05, 0) is 25.7 Å². The molecule has 0 nitrogen and oxygen atoms in total. The number of halogens is 2. The quantitative estimate of drug-likeness (QED) is 0.329. The van der Waals surface area contributed by atoms with Crippen LogP contribution in [0.5, 0.6) is 0 Å². The van der Waals surface area contributed by atoms with E-state index >= 15 is 0 Å². The van der Waals surface area contributed by atoms with Crippen LogP contribution in [0.4, 0.5) is 0 Å². The van der Waals surface area contributed by atoms with E-state index in [1.165, 1.54) is 70.6 Å². The van der Waals surface area contributed by atoms with Crippen molar-refractivity contribution in [3.63, 3.8) is 0 Å². The van der Waals surface area contributed by atoms with Gasteiger partial charge >= 0.3 is 0 Å². The van der Waals surface area contributed by atoms with E-state index < -0.39 is 0 Å². The molecule has 0 spiro atoms. The van der Waals surface area contributed by atoms with E-state index in [9.17, 15) is 0 Å². The average molecular weight is 434 g/mol. The summed E-state index contributed by atoms with van der Waals surface area (Å²) in [7, 11) is 0. The van der Waals surface area contributed by atoms with Gasteiger partial charge in [-0.15, -0.1) is 0 Å². The molecule has 2 atom stereocenters. The summed E-state index contributed by atoms with van der Waals surface area (Å²) in [6.07, 6.45) is 16.2. The van der Waals surface area contributed by atoms with Crippen molar-refractivity contribution in [1.82, 2.24) is 0 Å². The van der Waals surface area contributed by atoms with Crippen molar-refractivity contribution in [2.45, 2.75) is 78.5 Å². The second-order valence-corrected chi connectivity index (χ2v) is 8.35. The molecule has 1 saturated carbocycles. The van der Waals surface area contributed by atoms with E-state index in [0.717, 1.165) is 7.85 Å². The monoisotopic (exact) mass is 434 g/mol. The number of hydrogen-bond donors (Lipinski definition) is 0. The first-order valence-corrected chi connectivity index (χ1v) is 9.06. The highest BCUT2D eigenvalue weighted by Crippen LogP contribution is 2.23. The standard InChI is InChI=1S/C13H24I2/c14-12-8-4-2-1-3-5-9-13(15)11-7-6-10-12/h12-13H,1-11H2. The van der Waals surface area contributed by atoms with E-state index in [-0.39, 0.29) is 0 Å². The van der Waals surface area contributed by atoms with Crippen LogP contribution in [0.3, 0.4) is 0 Å². The number of alkyl halides is 2. The molecule has 0 aliphatic heterocycles. The Morgan fingerprint density at radius 3 is 1.13 bits per heavy atom. The molecular formula is C13H24I2. The van der Waals surface area contributed by atoms with Crippen LogP contribution in [0.2, 0.25) is 0 Å². The molecule has 0 radical (unpaired) electrons. The maximum Gasteiger partial charge on any atom is 0.0110 e. The van der Waals surface area contributed by atoms with Gasteiger partial charge in [0.2, 0.25) is 0 Å². The van der Waals surface area contributed by atoms with Crippen molar-refractivity contribution in [2.75, 3.05) is 0 Å². The van der Waals surface area contributed by atoms with Crippen molar-refractivity contribution < 1.29 is 0 Å². The third-order valence-electron chi connectivity index (χ3n) is 3.32. The summed E-state index contributed by atoms with van der Waals surface area (Å²) in [6, 6.07) is 0. The second kappa shape index (κ2) is 9.49. The molecule has 0 aromatic rings. The first-order valence-electron chi connectivity index (χ1n) is 6.57. The minimum absolute atomic E-state index is 0.955. The van der Waals surface area contributed by atoms with Gasteiger partial charge in [-0.3, -0.25) is 0 Å². The largest absolute Gasteiger partial charge is 0.0826 e. The van der Waals surface area contributed by atoms with Crippen LogP contribution in [-0.4, -0.2) is 7.85 Å². The van der Waals surface area contributed by atoms with Crippen LogP contribution < -0.4 is 0 Å². The van der Waals surface area contributed by atoms with Gasteiger partial charge in [0.15, 0.2) is 0 Å². The molecule has 1 rings (SSSR count). The predicted octanol–water partition coefficient (Wildman–Crippen LogP) is 5.90. The minimum atomic E-state index is 0.955. The lowest BCUT2D eigenvalue weighted by molar-refractivity contribution is 0.575. The summed E-state index contributed by atoms with van der Waals surface area (Å²) in [4.78, 5) is 0. The third kappa shape index (κ3) is 8.22. The SMILES string of the molecule is IC1CCCCCCCC(I)CCCC1. The molecule has 0 amide bonds. The summed E-state index contributed by atoms with van der Waals surface area (Å²) in [6.45, 7) is 0. The highest BCUT2D eigenvalue weighted by atomic mass is 127. The molecular weight excluding hydrogens is 410 g/mol. The van der Waals surface area contributed by atoms with Gasteiger partial charge in [-0.25, -0.2) is 0 Å². The van der Waals surface area contributed by atoms with Gasteiger partial charge in [0.1, 0.15) is 0 Å². The van der Waals surface area contributed by atoms with Gasteiger partial charge in [-0.2, -0.15) is 0 Å². The van der Waals surface area contributed by atoms with Crippen LogP contribution >= 0.6 is 45.2 Å².